The molecule has 0 aromatic heterocycles. The summed E-state index contributed by atoms with van der Waals surface area (Å²) >= 11 is 0. The molecule has 3 heteroatoms. The predicted octanol–water partition coefficient (Wildman–Crippen LogP) is 4.65. The number of rotatable bonds is 12. The highest BCUT2D eigenvalue weighted by molar-refractivity contribution is 5.66. The zero-order valence-corrected chi connectivity index (χ0v) is 12.3. The van der Waals surface area contributed by atoms with Crippen molar-refractivity contribution in [2.45, 2.75) is 78.1 Å². The molecule has 0 spiro atoms. The van der Waals surface area contributed by atoms with Gasteiger partial charge in [-0.25, -0.2) is 4.79 Å². The van der Waals surface area contributed by atoms with E-state index in [4.69, 9.17) is 4.74 Å². The summed E-state index contributed by atoms with van der Waals surface area (Å²) in [6, 6.07) is 0. The van der Waals surface area contributed by atoms with E-state index in [1.807, 2.05) is 6.92 Å². The molecule has 0 heterocycles. The van der Waals surface area contributed by atoms with Gasteiger partial charge in [-0.3, -0.25) is 0 Å². The number of alkyl carbamates (subject to hydrolysis) is 1. The number of carbonyl (C=O) groups is 1. The van der Waals surface area contributed by atoms with E-state index in [0.29, 0.717) is 6.61 Å². The molecule has 18 heavy (non-hydrogen) atoms. The van der Waals surface area contributed by atoms with E-state index in [2.05, 4.69) is 12.2 Å². The Kier molecular flexibility index (Phi) is 13.8. The third-order valence-electron chi connectivity index (χ3n) is 2.99. The maximum Gasteiger partial charge on any atom is 0.407 e. The van der Waals surface area contributed by atoms with Gasteiger partial charge in [0.05, 0.1) is 6.61 Å². The standard InChI is InChI=1S/C15H31NO2/c1-3-5-6-7-8-9-10-11-12-13-16-15(17)18-14-4-2/h3-14H2,1-2H3,(H,16,17). The first kappa shape index (κ1) is 17.3. The molecular weight excluding hydrogens is 226 g/mol. The van der Waals surface area contributed by atoms with Gasteiger partial charge in [-0.15, -0.1) is 0 Å². The van der Waals surface area contributed by atoms with Gasteiger partial charge in [-0.05, 0) is 12.8 Å². The quantitative estimate of drug-likeness (QED) is 0.517. The summed E-state index contributed by atoms with van der Waals surface area (Å²) in [4.78, 5) is 11.1. The lowest BCUT2D eigenvalue weighted by Crippen LogP contribution is -2.25. The number of nitrogens with one attached hydrogen (secondary N) is 1. The second kappa shape index (κ2) is 14.3. The fraction of sp³-hybridized carbons (Fsp3) is 0.933. The molecule has 3 nitrogen and oxygen atoms in total. The first-order valence-electron chi connectivity index (χ1n) is 7.71. The molecule has 0 saturated heterocycles. The average Bonchev–Trinajstić information content (AvgIpc) is 2.38. The molecule has 0 aliphatic carbocycles. The number of amides is 1. The molecule has 0 saturated carbocycles. The Bertz CT molecular complexity index is 183. The maximum atomic E-state index is 11.1. The monoisotopic (exact) mass is 257 g/mol. The van der Waals surface area contributed by atoms with Gasteiger partial charge in [0.2, 0.25) is 0 Å². The number of hydrogen-bond donors (Lipinski definition) is 1. The number of carbonyl (C=O) groups excluding carboxylic acids is 1. The smallest absolute Gasteiger partial charge is 0.407 e. The van der Waals surface area contributed by atoms with Gasteiger partial charge >= 0.3 is 6.09 Å². The molecule has 0 unspecified atom stereocenters. The van der Waals surface area contributed by atoms with Crippen molar-refractivity contribution in [3.63, 3.8) is 0 Å². The Morgan fingerprint density at radius 3 is 1.94 bits per heavy atom. The van der Waals surface area contributed by atoms with Crippen molar-refractivity contribution >= 4 is 6.09 Å². The van der Waals surface area contributed by atoms with Crippen LogP contribution in [0.4, 0.5) is 4.79 Å². The van der Waals surface area contributed by atoms with Gasteiger partial charge in [0, 0.05) is 6.54 Å². The van der Waals surface area contributed by atoms with E-state index < -0.39 is 0 Å². The zero-order valence-electron chi connectivity index (χ0n) is 12.3. The van der Waals surface area contributed by atoms with Crippen LogP contribution in [-0.4, -0.2) is 19.2 Å². The molecule has 0 aromatic rings. The molecule has 0 radical (unpaired) electrons. The molecule has 1 N–H and O–H groups in total. The molecule has 0 aromatic carbocycles. The molecule has 0 atom stereocenters. The summed E-state index contributed by atoms with van der Waals surface area (Å²) in [5.41, 5.74) is 0. The SMILES string of the molecule is CCCCCCCCCCCNC(=O)OCCC. The van der Waals surface area contributed by atoms with Crippen molar-refractivity contribution < 1.29 is 9.53 Å². The molecule has 0 fully saturated rings. The van der Waals surface area contributed by atoms with Gasteiger partial charge in [-0.2, -0.15) is 0 Å². The summed E-state index contributed by atoms with van der Waals surface area (Å²) in [7, 11) is 0. The Morgan fingerprint density at radius 1 is 0.833 bits per heavy atom. The number of hydrogen-bond acceptors (Lipinski definition) is 2. The lowest BCUT2D eigenvalue weighted by Gasteiger charge is -2.05. The van der Waals surface area contributed by atoms with Gasteiger partial charge in [0.15, 0.2) is 0 Å². The van der Waals surface area contributed by atoms with Crippen LogP contribution in [0.2, 0.25) is 0 Å². The fourth-order valence-electron chi connectivity index (χ4n) is 1.87. The van der Waals surface area contributed by atoms with Crippen molar-refractivity contribution in [2.75, 3.05) is 13.2 Å². The Morgan fingerprint density at radius 2 is 1.39 bits per heavy atom. The van der Waals surface area contributed by atoms with Crippen LogP contribution in [0.25, 0.3) is 0 Å². The van der Waals surface area contributed by atoms with Crippen LogP contribution in [0, 0.1) is 0 Å². The molecule has 0 rings (SSSR count). The van der Waals surface area contributed by atoms with E-state index in [1.54, 1.807) is 0 Å². The third-order valence-corrected chi connectivity index (χ3v) is 2.99. The Balaban J connectivity index is 3.04. The third kappa shape index (κ3) is 13.3. The van der Waals surface area contributed by atoms with E-state index in [-0.39, 0.29) is 6.09 Å². The van der Waals surface area contributed by atoms with E-state index in [0.717, 1.165) is 19.4 Å². The highest BCUT2D eigenvalue weighted by Gasteiger charge is 1.99. The molecule has 0 aliphatic rings. The molecule has 1 amide bonds. The summed E-state index contributed by atoms with van der Waals surface area (Å²) < 4.78 is 4.92. The summed E-state index contributed by atoms with van der Waals surface area (Å²) in [6.45, 7) is 5.51. The van der Waals surface area contributed by atoms with Gasteiger partial charge < -0.3 is 10.1 Å². The minimum absolute atomic E-state index is 0.267. The largest absolute Gasteiger partial charge is 0.450 e. The van der Waals surface area contributed by atoms with Crippen LogP contribution in [0.3, 0.4) is 0 Å². The average molecular weight is 257 g/mol. The van der Waals surface area contributed by atoms with Crippen LogP contribution in [0.1, 0.15) is 78.1 Å². The van der Waals surface area contributed by atoms with Crippen LogP contribution in [0.15, 0.2) is 0 Å². The minimum atomic E-state index is -0.267. The first-order chi connectivity index (χ1) is 8.81. The van der Waals surface area contributed by atoms with Crippen LogP contribution in [0.5, 0.6) is 0 Å². The molecule has 0 bridgehead atoms. The highest BCUT2D eigenvalue weighted by atomic mass is 16.5. The lowest BCUT2D eigenvalue weighted by molar-refractivity contribution is 0.146. The fourth-order valence-corrected chi connectivity index (χ4v) is 1.87. The van der Waals surface area contributed by atoms with Gasteiger partial charge in [0.1, 0.15) is 0 Å². The highest BCUT2D eigenvalue weighted by Crippen LogP contribution is 2.09. The van der Waals surface area contributed by atoms with Gasteiger partial charge in [-0.1, -0.05) is 65.2 Å². The normalized spacial score (nSPS) is 10.3. The Labute approximate surface area is 113 Å². The molecule has 108 valence electrons. The van der Waals surface area contributed by atoms with E-state index >= 15 is 0 Å². The second-order valence-corrected chi connectivity index (χ2v) is 4.89. The summed E-state index contributed by atoms with van der Waals surface area (Å²) in [5, 5.41) is 2.78. The Hall–Kier alpha value is -0.730. The number of unbranched alkanes of at least 4 members (excludes halogenated alkanes) is 8. The van der Waals surface area contributed by atoms with Crippen molar-refractivity contribution in [1.29, 1.82) is 0 Å². The maximum absolute atomic E-state index is 11.1. The lowest BCUT2D eigenvalue weighted by atomic mass is 10.1. The van der Waals surface area contributed by atoms with Crippen molar-refractivity contribution in [3.05, 3.63) is 0 Å². The summed E-state index contributed by atoms with van der Waals surface area (Å²) in [6.07, 6.45) is 12.4. The second-order valence-electron chi connectivity index (χ2n) is 4.89. The van der Waals surface area contributed by atoms with E-state index in [9.17, 15) is 4.79 Å². The zero-order chi connectivity index (χ0) is 13.5. The summed E-state index contributed by atoms with van der Waals surface area (Å²) in [5.74, 6) is 0. The van der Waals surface area contributed by atoms with Crippen LogP contribution >= 0.6 is 0 Å². The van der Waals surface area contributed by atoms with Crippen molar-refractivity contribution in [2.24, 2.45) is 0 Å². The predicted molar refractivity (Wildman–Crippen MR) is 76.9 cm³/mol. The van der Waals surface area contributed by atoms with Crippen molar-refractivity contribution in [1.82, 2.24) is 5.32 Å². The van der Waals surface area contributed by atoms with Gasteiger partial charge in [0.25, 0.3) is 0 Å². The van der Waals surface area contributed by atoms with E-state index in [1.165, 1.54) is 51.4 Å². The van der Waals surface area contributed by atoms with Crippen LogP contribution in [-0.2, 0) is 4.74 Å². The molecular formula is C15H31NO2. The first-order valence-corrected chi connectivity index (χ1v) is 7.71. The van der Waals surface area contributed by atoms with Crippen LogP contribution < -0.4 is 5.32 Å². The number of ether oxygens (including phenoxy) is 1. The minimum Gasteiger partial charge on any atom is -0.450 e. The molecule has 0 aliphatic heterocycles. The topological polar surface area (TPSA) is 38.3 Å². The van der Waals surface area contributed by atoms with Crippen molar-refractivity contribution in [3.8, 4) is 0 Å².